The van der Waals surface area contributed by atoms with E-state index in [1.54, 1.807) is 97.3 Å². The zero-order valence-corrected chi connectivity index (χ0v) is 52.8. The number of aryl methyl sites for hydroxylation is 2. The van der Waals surface area contributed by atoms with Crippen LogP contribution in [0.15, 0.2) is 107 Å². The molecule has 6 aromatic carbocycles. The van der Waals surface area contributed by atoms with Crippen LogP contribution < -0.4 is 59.8 Å². The Hall–Kier alpha value is -7.05. The fraction of sp³-hybridized carbons (Fsp3) is 0.394. The summed E-state index contributed by atoms with van der Waals surface area (Å²) in [6.45, 7) is 12.1. The molecule has 1 saturated heterocycles. The second-order valence-electron chi connectivity index (χ2n) is 19.5. The maximum Gasteiger partial charge on any atom is 0.252 e. The van der Waals surface area contributed by atoms with Crippen LogP contribution in [-0.4, -0.2) is 106 Å². The van der Waals surface area contributed by atoms with Crippen molar-refractivity contribution in [1.29, 1.82) is 0 Å². The molecule has 3 N–H and O–H groups in total. The highest BCUT2D eigenvalue weighted by atomic mass is 35.5. The van der Waals surface area contributed by atoms with Crippen molar-refractivity contribution < 1.29 is 52.2 Å². The summed E-state index contributed by atoms with van der Waals surface area (Å²) < 4.78 is 49.1. The van der Waals surface area contributed by atoms with Crippen LogP contribution in [0.3, 0.4) is 0 Å². The number of nitrogens with two attached hydrogens (primary N) is 1. The van der Waals surface area contributed by atoms with Crippen molar-refractivity contribution in [3.8, 4) is 68.2 Å². The second kappa shape index (κ2) is 34.8. The molecule has 19 heteroatoms. The molecule has 1 heterocycles. The first-order chi connectivity index (χ1) is 41.1. The Balaban J connectivity index is 0.000000231. The Morgan fingerprint density at radius 2 is 0.988 bits per heavy atom. The van der Waals surface area contributed by atoms with E-state index in [2.05, 4.69) is 31.0 Å². The van der Waals surface area contributed by atoms with E-state index in [1.807, 2.05) is 36.4 Å². The summed E-state index contributed by atoms with van der Waals surface area (Å²) in [6, 6.07) is 27.3. The standard InChI is InChI=1S/C28H28ClNO6.C20H23NO5.C8H6Cl2O.C6H15N.C4H8O/c1-33-23-11-9-19-20(14-22(23)31)21(30-28(32)18-7-5-6-16(12-18)15-29)10-8-17-13-24(34-2)26(35-3)27(36-4)25(17)19;1-23-16-8-6-12-13(10-15(16)22)14(21)7-5-11-9-17(24-2)19(25-3)20(26-4)18(11)12;9-5-6-2-1-3-7(4-6)8(10)11;1-4-7(5-2)6-3;1-2-4-5-3-1/h5-7,9,11-14,21H,8,10,15H2,1-4H3,(H,30,32);6,8-10,14H,5,7,21H2,1-4H3;1-4H,5H2;4-6H2,1-3H3;1-4H2/t21-;14-;;;/m00.../s1. The summed E-state index contributed by atoms with van der Waals surface area (Å²) in [5.74, 6) is 4.08. The van der Waals surface area contributed by atoms with Gasteiger partial charge in [0.2, 0.25) is 22.4 Å². The number of nitrogens with zero attached hydrogens (tertiary/aromatic N) is 1. The molecule has 1 fully saturated rings. The number of hydrogen-bond acceptors (Lipinski definition) is 15. The third-order valence-corrected chi connectivity index (χ3v) is 15.4. The lowest BCUT2D eigenvalue weighted by atomic mass is 9.95. The third kappa shape index (κ3) is 17.8. The zero-order valence-electron chi connectivity index (χ0n) is 50.6. The molecule has 0 bridgehead atoms. The van der Waals surface area contributed by atoms with Crippen molar-refractivity contribution in [3.05, 3.63) is 162 Å². The van der Waals surface area contributed by atoms with E-state index in [1.165, 1.54) is 52.8 Å². The molecule has 1 amide bonds. The SMILES string of the molecule is C1CCOC1.CCN(CC)CC.COc1cc2c(c(OC)c1OC)-c1ccc(OC)c(=O)cc1[C@@H](N)CC2.COc1cc2c(c(OC)c1OC)-c1ccc(OC)c(=O)cc1[C@@H](NC(=O)c1cccc(CCl)c1)CC2.O=C(Cl)c1cccc(CCl)c1. The minimum atomic E-state index is -0.453. The Labute approximate surface area is 514 Å². The van der Waals surface area contributed by atoms with Gasteiger partial charge in [-0.3, -0.25) is 19.2 Å². The summed E-state index contributed by atoms with van der Waals surface area (Å²) in [4.78, 5) is 51.7. The maximum absolute atomic E-state index is 13.3. The molecule has 16 nitrogen and oxygen atoms in total. The molecule has 2 aliphatic carbocycles. The molecule has 458 valence electrons. The van der Waals surface area contributed by atoms with Crippen molar-refractivity contribution in [1.82, 2.24) is 10.2 Å². The Kier molecular flexibility index (Phi) is 28.1. The van der Waals surface area contributed by atoms with Gasteiger partial charge in [0.15, 0.2) is 34.5 Å². The molecule has 0 unspecified atom stereocenters. The number of amides is 1. The fourth-order valence-corrected chi connectivity index (χ4v) is 10.6. The van der Waals surface area contributed by atoms with Gasteiger partial charge in [0.05, 0.1) is 62.9 Å². The number of carbonyl (C=O) groups is 2. The first-order valence-corrected chi connectivity index (χ1v) is 29.5. The number of benzene rings is 4. The van der Waals surface area contributed by atoms with Crippen LogP contribution in [-0.2, 0) is 29.3 Å². The van der Waals surface area contributed by atoms with Gasteiger partial charge in [-0.25, -0.2) is 0 Å². The van der Waals surface area contributed by atoms with Gasteiger partial charge in [-0.1, -0.05) is 63.2 Å². The first-order valence-electron chi connectivity index (χ1n) is 28.0. The van der Waals surface area contributed by atoms with E-state index in [0.717, 1.165) is 69.7 Å². The lowest BCUT2D eigenvalue weighted by Gasteiger charge is -2.20. The van der Waals surface area contributed by atoms with Gasteiger partial charge in [0.1, 0.15) is 0 Å². The topological polar surface area (TPSA) is 193 Å². The van der Waals surface area contributed by atoms with Crippen LogP contribution in [0.25, 0.3) is 22.3 Å². The maximum atomic E-state index is 13.3. The Morgan fingerprint density at radius 3 is 1.39 bits per heavy atom. The van der Waals surface area contributed by atoms with Crippen LogP contribution in [0, 0.1) is 0 Å². The number of methoxy groups -OCH3 is 8. The lowest BCUT2D eigenvalue weighted by Crippen LogP contribution is -2.29. The van der Waals surface area contributed by atoms with E-state index in [0.29, 0.717) is 82.2 Å². The highest BCUT2D eigenvalue weighted by Crippen LogP contribution is 2.52. The van der Waals surface area contributed by atoms with Gasteiger partial charge in [-0.2, -0.15) is 0 Å². The van der Waals surface area contributed by atoms with Crippen molar-refractivity contribution >= 4 is 46.0 Å². The number of nitrogens with one attached hydrogen (secondary N) is 1. The monoisotopic (exact) mass is 1230 g/mol. The van der Waals surface area contributed by atoms with Crippen LogP contribution in [0.2, 0.25) is 0 Å². The number of alkyl halides is 2. The van der Waals surface area contributed by atoms with E-state index in [4.69, 9.17) is 83.2 Å². The van der Waals surface area contributed by atoms with Gasteiger partial charge < -0.3 is 58.6 Å². The highest BCUT2D eigenvalue weighted by molar-refractivity contribution is 6.67. The Bertz CT molecular complexity index is 3310. The van der Waals surface area contributed by atoms with Crippen LogP contribution in [0.1, 0.15) is 113 Å². The first kappa shape index (κ1) is 68.7. The number of hydrogen-bond donors (Lipinski definition) is 2. The summed E-state index contributed by atoms with van der Waals surface area (Å²) >= 11 is 16.8. The molecule has 9 rings (SSSR count). The van der Waals surface area contributed by atoms with Crippen molar-refractivity contribution in [3.63, 3.8) is 0 Å². The average molecular weight is 1230 g/mol. The molecule has 0 aromatic heterocycles. The van der Waals surface area contributed by atoms with Crippen molar-refractivity contribution in [2.45, 2.75) is 83.1 Å². The molecular weight excluding hydrogens is 1150 g/mol. The van der Waals surface area contributed by atoms with Crippen molar-refractivity contribution in [2.24, 2.45) is 5.73 Å². The summed E-state index contributed by atoms with van der Waals surface area (Å²) in [6.07, 6.45) is 5.13. The summed E-state index contributed by atoms with van der Waals surface area (Å²) in [5.41, 5.74) is 15.3. The van der Waals surface area contributed by atoms with E-state index >= 15 is 0 Å². The highest BCUT2D eigenvalue weighted by Gasteiger charge is 2.31. The van der Waals surface area contributed by atoms with Gasteiger partial charge in [-0.05, 0) is 169 Å². The summed E-state index contributed by atoms with van der Waals surface area (Å²) in [5, 5.41) is 2.68. The molecule has 85 heavy (non-hydrogen) atoms. The van der Waals surface area contributed by atoms with Crippen LogP contribution >= 0.6 is 34.8 Å². The predicted octanol–water partition coefficient (Wildman–Crippen LogP) is 12.5. The lowest BCUT2D eigenvalue weighted by molar-refractivity contribution is 0.0934. The molecule has 0 saturated carbocycles. The second-order valence-corrected chi connectivity index (χ2v) is 20.4. The average Bonchev–Trinajstić information content (AvgIpc) is 2.31. The normalized spacial score (nSPS) is 14.2. The van der Waals surface area contributed by atoms with E-state index in [-0.39, 0.29) is 34.3 Å². The number of halogens is 3. The number of fused-ring (bicyclic) bond motifs is 6. The number of ether oxygens (including phenoxy) is 9. The molecule has 6 aromatic rings. The quantitative estimate of drug-likeness (QED) is 0.0686. The zero-order chi connectivity index (χ0) is 62.2. The predicted molar refractivity (Wildman–Crippen MR) is 338 cm³/mol. The summed E-state index contributed by atoms with van der Waals surface area (Å²) in [7, 11) is 12.4. The molecule has 2 atom stereocenters. The molecule has 1 aliphatic heterocycles. The number of carbonyl (C=O) groups excluding carboxylic acids is 2. The van der Waals surface area contributed by atoms with Gasteiger partial charge >= 0.3 is 0 Å². The van der Waals surface area contributed by atoms with Crippen LogP contribution in [0.4, 0.5) is 0 Å². The van der Waals surface area contributed by atoms with Crippen LogP contribution in [0.5, 0.6) is 46.0 Å². The molecule has 3 aliphatic rings. The van der Waals surface area contributed by atoms with E-state index in [9.17, 15) is 19.2 Å². The smallest absolute Gasteiger partial charge is 0.252 e. The molecule has 0 spiro atoms. The third-order valence-electron chi connectivity index (χ3n) is 14.6. The van der Waals surface area contributed by atoms with E-state index < -0.39 is 11.3 Å². The fourth-order valence-electron chi connectivity index (χ4n) is 10.1. The minimum Gasteiger partial charge on any atom is -0.493 e. The van der Waals surface area contributed by atoms with Gasteiger partial charge in [-0.15, -0.1) is 23.2 Å². The minimum absolute atomic E-state index is 0.198. The largest absolute Gasteiger partial charge is 0.493 e. The Morgan fingerprint density at radius 1 is 0.553 bits per heavy atom. The van der Waals surface area contributed by atoms with Gasteiger partial charge in [0.25, 0.3) is 11.1 Å². The van der Waals surface area contributed by atoms with Crippen molar-refractivity contribution in [2.75, 3.05) is 89.7 Å². The molecule has 0 radical (unpaired) electrons. The number of rotatable bonds is 16. The van der Waals surface area contributed by atoms with Gasteiger partial charge in [0, 0.05) is 53.3 Å². The molecular formula is C66H80Cl3N3O13.